The predicted molar refractivity (Wildman–Crippen MR) is 85.8 cm³/mol. The molecule has 0 unspecified atom stereocenters. The van der Waals surface area contributed by atoms with Crippen LogP contribution in [0.15, 0.2) is 48.5 Å². The van der Waals surface area contributed by atoms with Crippen molar-refractivity contribution in [2.45, 2.75) is 6.54 Å². The monoisotopic (exact) mass is 325 g/mol. The lowest BCUT2D eigenvalue weighted by atomic mass is 10.1. The lowest BCUT2D eigenvalue weighted by molar-refractivity contribution is -0.143. The fourth-order valence-electron chi connectivity index (χ4n) is 2.21. The second-order valence-corrected chi connectivity index (χ2v) is 5.05. The van der Waals surface area contributed by atoms with E-state index in [1.54, 1.807) is 37.4 Å². The van der Waals surface area contributed by atoms with E-state index >= 15 is 0 Å². The molecular weight excluding hydrogens is 310 g/mol. The van der Waals surface area contributed by atoms with Crippen LogP contribution in [0.25, 0.3) is 11.0 Å². The highest BCUT2D eigenvalue weighted by Crippen LogP contribution is 2.12. The molecule has 7 nitrogen and oxygen atoms in total. The molecule has 3 rings (SSSR count). The van der Waals surface area contributed by atoms with E-state index in [0.717, 1.165) is 5.52 Å². The Bertz CT molecular complexity index is 871. The highest BCUT2D eigenvalue weighted by atomic mass is 16.5. The summed E-state index contributed by atoms with van der Waals surface area (Å²) in [5.74, 6) is -0.177. The Morgan fingerprint density at radius 3 is 2.58 bits per heavy atom. The first-order valence-corrected chi connectivity index (χ1v) is 7.28. The van der Waals surface area contributed by atoms with Gasteiger partial charge in [-0.3, -0.25) is 9.59 Å². The first kappa shape index (κ1) is 15.7. The number of rotatable bonds is 6. The lowest BCUT2D eigenvalue weighted by Gasteiger charge is -2.05. The van der Waals surface area contributed by atoms with Crippen molar-refractivity contribution in [1.82, 2.24) is 15.0 Å². The van der Waals surface area contributed by atoms with E-state index < -0.39 is 5.97 Å². The number of esters is 1. The molecule has 1 aromatic heterocycles. The quantitative estimate of drug-likeness (QED) is 0.508. The van der Waals surface area contributed by atoms with Crippen LogP contribution in [0.3, 0.4) is 0 Å². The fourth-order valence-corrected chi connectivity index (χ4v) is 2.21. The van der Waals surface area contributed by atoms with Crippen LogP contribution >= 0.6 is 0 Å². The zero-order chi connectivity index (χ0) is 16.9. The molecule has 7 heteroatoms. The number of para-hydroxylation sites is 1. The number of benzene rings is 2. The second-order valence-electron chi connectivity index (χ2n) is 5.05. The Morgan fingerprint density at radius 1 is 1.08 bits per heavy atom. The van der Waals surface area contributed by atoms with Gasteiger partial charge in [-0.25, -0.2) is 4.68 Å². The fraction of sp³-hybridized carbons (Fsp3) is 0.176. The van der Waals surface area contributed by atoms with Gasteiger partial charge in [-0.1, -0.05) is 17.3 Å². The van der Waals surface area contributed by atoms with Gasteiger partial charge >= 0.3 is 5.97 Å². The van der Waals surface area contributed by atoms with Crippen LogP contribution in [-0.4, -0.2) is 40.5 Å². The van der Waals surface area contributed by atoms with Crippen molar-refractivity contribution in [3.63, 3.8) is 0 Å². The topological polar surface area (TPSA) is 83.3 Å². The summed E-state index contributed by atoms with van der Waals surface area (Å²) >= 11 is 0. The Kier molecular flexibility index (Phi) is 4.51. The SMILES string of the molecule is COc1ccc(C(=O)COC(=O)Cn2nnc3ccccc32)cc1. The molecule has 1 heterocycles. The third-order valence-electron chi connectivity index (χ3n) is 3.48. The molecule has 0 fully saturated rings. The summed E-state index contributed by atoms with van der Waals surface area (Å²) in [4.78, 5) is 23.9. The molecule has 0 atom stereocenters. The van der Waals surface area contributed by atoms with E-state index in [2.05, 4.69) is 10.3 Å². The lowest BCUT2D eigenvalue weighted by Crippen LogP contribution is -2.19. The number of fused-ring (bicyclic) bond motifs is 1. The number of aromatic nitrogens is 3. The average molecular weight is 325 g/mol. The molecule has 0 aliphatic rings. The summed E-state index contributed by atoms with van der Waals surface area (Å²) < 4.78 is 11.5. The number of Topliss-reactive ketones (excluding diaryl/α,β-unsaturated/α-hetero) is 1. The van der Waals surface area contributed by atoms with E-state index in [4.69, 9.17) is 9.47 Å². The Balaban J connectivity index is 1.57. The molecule has 0 amide bonds. The third kappa shape index (κ3) is 3.40. The normalized spacial score (nSPS) is 10.5. The molecule has 2 aromatic carbocycles. The van der Waals surface area contributed by atoms with Crippen molar-refractivity contribution in [3.05, 3.63) is 54.1 Å². The standard InChI is InChI=1S/C17H15N3O4/c1-23-13-8-6-12(7-9-13)16(21)11-24-17(22)10-20-15-5-3-2-4-14(15)18-19-20/h2-9H,10-11H2,1H3. The van der Waals surface area contributed by atoms with Gasteiger partial charge in [-0.15, -0.1) is 5.10 Å². The molecule has 0 saturated carbocycles. The number of carbonyl (C=O) groups excluding carboxylic acids is 2. The van der Waals surface area contributed by atoms with Gasteiger partial charge in [0.15, 0.2) is 12.4 Å². The molecule has 122 valence electrons. The number of hydrogen-bond donors (Lipinski definition) is 0. The molecule has 0 spiro atoms. The summed E-state index contributed by atoms with van der Waals surface area (Å²) in [6.07, 6.45) is 0. The zero-order valence-corrected chi connectivity index (χ0v) is 13.0. The number of nitrogens with zero attached hydrogens (tertiary/aromatic N) is 3. The first-order valence-electron chi connectivity index (χ1n) is 7.28. The van der Waals surface area contributed by atoms with Crippen LogP contribution < -0.4 is 4.74 Å². The Morgan fingerprint density at radius 2 is 1.83 bits per heavy atom. The van der Waals surface area contributed by atoms with Gasteiger partial charge in [0.25, 0.3) is 0 Å². The van der Waals surface area contributed by atoms with Crippen molar-refractivity contribution < 1.29 is 19.1 Å². The van der Waals surface area contributed by atoms with Crippen LogP contribution in [0.5, 0.6) is 5.75 Å². The Hall–Kier alpha value is -3.22. The minimum absolute atomic E-state index is 0.101. The smallest absolute Gasteiger partial charge is 0.328 e. The zero-order valence-electron chi connectivity index (χ0n) is 13.0. The van der Waals surface area contributed by atoms with Gasteiger partial charge in [-0.2, -0.15) is 0 Å². The molecule has 0 bridgehead atoms. The third-order valence-corrected chi connectivity index (χ3v) is 3.48. The van der Waals surface area contributed by atoms with E-state index in [-0.39, 0.29) is 18.9 Å². The van der Waals surface area contributed by atoms with Crippen LogP contribution in [-0.2, 0) is 16.1 Å². The molecular formula is C17H15N3O4. The second kappa shape index (κ2) is 6.91. The summed E-state index contributed by atoms with van der Waals surface area (Å²) in [7, 11) is 1.55. The molecule has 24 heavy (non-hydrogen) atoms. The average Bonchev–Trinajstić information content (AvgIpc) is 3.03. The van der Waals surface area contributed by atoms with Crippen LogP contribution in [0, 0.1) is 0 Å². The number of ether oxygens (including phenoxy) is 2. The number of carbonyl (C=O) groups is 2. The van der Waals surface area contributed by atoms with Crippen LogP contribution in [0.1, 0.15) is 10.4 Å². The van der Waals surface area contributed by atoms with E-state index in [0.29, 0.717) is 16.8 Å². The molecule has 0 saturated heterocycles. The number of hydrogen-bond acceptors (Lipinski definition) is 6. The highest BCUT2D eigenvalue weighted by molar-refractivity contribution is 5.98. The molecule has 3 aromatic rings. The van der Waals surface area contributed by atoms with Crippen LogP contribution in [0.2, 0.25) is 0 Å². The van der Waals surface area contributed by atoms with Gasteiger partial charge in [0.1, 0.15) is 17.8 Å². The highest BCUT2D eigenvalue weighted by Gasteiger charge is 2.13. The molecule has 0 aliphatic heterocycles. The van der Waals surface area contributed by atoms with Gasteiger partial charge < -0.3 is 9.47 Å². The molecule has 0 N–H and O–H groups in total. The van der Waals surface area contributed by atoms with Gasteiger partial charge in [0.2, 0.25) is 0 Å². The summed E-state index contributed by atoms with van der Waals surface area (Å²) in [5.41, 5.74) is 1.88. The van der Waals surface area contributed by atoms with Crippen molar-refractivity contribution in [3.8, 4) is 5.75 Å². The maximum Gasteiger partial charge on any atom is 0.328 e. The minimum atomic E-state index is -0.549. The van der Waals surface area contributed by atoms with Crippen molar-refractivity contribution in [2.24, 2.45) is 0 Å². The summed E-state index contributed by atoms with van der Waals surface area (Å²) in [6.45, 7) is -0.422. The number of methoxy groups -OCH3 is 1. The maximum atomic E-state index is 12.0. The summed E-state index contributed by atoms with van der Waals surface area (Å²) in [6, 6.07) is 13.9. The van der Waals surface area contributed by atoms with Crippen molar-refractivity contribution >= 4 is 22.8 Å². The van der Waals surface area contributed by atoms with Crippen molar-refractivity contribution in [2.75, 3.05) is 13.7 Å². The van der Waals surface area contributed by atoms with Crippen molar-refractivity contribution in [1.29, 1.82) is 0 Å². The van der Waals surface area contributed by atoms with Gasteiger partial charge in [0.05, 0.1) is 12.6 Å². The predicted octanol–water partition coefficient (Wildman–Crippen LogP) is 1.87. The maximum absolute atomic E-state index is 12.0. The van der Waals surface area contributed by atoms with E-state index in [1.165, 1.54) is 4.68 Å². The van der Waals surface area contributed by atoms with Gasteiger partial charge in [0, 0.05) is 5.56 Å². The minimum Gasteiger partial charge on any atom is -0.497 e. The Labute approximate surface area is 137 Å². The van der Waals surface area contributed by atoms with Gasteiger partial charge in [-0.05, 0) is 36.4 Å². The van der Waals surface area contributed by atoms with E-state index in [9.17, 15) is 9.59 Å². The molecule has 0 radical (unpaired) electrons. The van der Waals surface area contributed by atoms with E-state index in [1.807, 2.05) is 18.2 Å². The molecule has 0 aliphatic carbocycles. The van der Waals surface area contributed by atoms with Crippen LogP contribution in [0.4, 0.5) is 0 Å². The largest absolute Gasteiger partial charge is 0.497 e. The number of ketones is 1. The first-order chi connectivity index (χ1) is 11.7. The summed E-state index contributed by atoms with van der Waals surface area (Å²) in [5, 5.41) is 7.86.